The van der Waals surface area contributed by atoms with Crippen LogP contribution in [0.5, 0.6) is 0 Å². The van der Waals surface area contributed by atoms with Gasteiger partial charge in [0.15, 0.2) is 5.84 Å². The summed E-state index contributed by atoms with van der Waals surface area (Å²) in [6.07, 6.45) is 0. The van der Waals surface area contributed by atoms with E-state index in [2.05, 4.69) is 120 Å². The molecule has 0 bridgehead atoms. The van der Waals surface area contributed by atoms with E-state index in [0.717, 1.165) is 28.1 Å². The molecule has 0 saturated heterocycles. The topological polar surface area (TPSA) is 29.6 Å². The summed E-state index contributed by atoms with van der Waals surface area (Å²) in [5.74, 6) is 0.646. The third-order valence-electron chi connectivity index (χ3n) is 9.96. The van der Waals surface area contributed by atoms with Gasteiger partial charge in [-0.25, -0.2) is 9.98 Å². The van der Waals surface area contributed by atoms with Gasteiger partial charge >= 0.3 is 0 Å². The molecule has 0 aliphatic carbocycles. The maximum atomic E-state index is 5.09. The Hall–Kier alpha value is -6.14. The molecule has 52 heavy (non-hydrogen) atoms. The summed E-state index contributed by atoms with van der Waals surface area (Å²) in [5.41, 5.74) is 8.19. The van der Waals surface area contributed by atoms with Crippen molar-refractivity contribution < 1.29 is 0 Å². The van der Waals surface area contributed by atoms with Crippen LogP contribution < -0.4 is 0 Å². The van der Waals surface area contributed by atoms with E-state index in [-0.39, 0.29) is 0 Å². The standard InChI is InChI=1S/C47H31N3S2/c1-29(31-13-5-3-6-14-31)48-47(49-30(2)32-15-7-4-8-16-32)33-21-23-35-36-24-22-34(28-44(36)52-43(35)27-33)50-39-19-11-9-17-37(39)45-40(50)25-26-42-46(45)38-18-10-12-20-41(38)51-42/h3-28H,1H2,2H3. The number of rotatable bonds is 5. The van der Waals surface area contributed by atoms with Crippen LogP contribution in [-0.2, 0) is 0 Å². The number of nitrogens with zero attached hydrogens (tertiary/aromatic N) is 3. The number of aromatic nitrogens is 1. The second-order valence-electron chi connectivity index (χ2n) is 13.1. The minimum absolute atomic E-state index is 0.646. The summed E-state index contributed by atoms with van der Waals surface area (Å²) < 4.78 is 7.53. The van der Waals surface area contributed by atoms with Gasteiger partial charge in [-0.2, -0.15) is 0 Å². The third kappa shape index (κ3) is 5.01. The lowest BCUT2D eigenvalue weighted by molar-refractivity contribution is 1.19. The number of aliphatic imine (C=N–C) groups is 2. The van der Waals surface area contributed by atoms with E-state index in [4.69, 9.17) is 9.98 Å². The van der Waals surface area contributed by atoms with E-state index in [1.54, 1.807) is 0 Å². The Kier molecular flexibility index (Phi) is 7.24. The molecule has 10 aromatic rings. The number of benzene rings is 7. The molecular weight excluding hydrogens is 671 g/mol. The number of para-hydroxylation sites is 1. The summed E-state index contributed by atoms with van der Waals surface area (Å²) >= 11 is 3.69. The number of thiophene rings is 2. The highest BCUT2D eigenvalue weighted by molar-refractivity contribution is 7.26. The molecular formula is C47H31N3S2. The summed E-state index contributed by atoms with van der Waals surface area (Å²) in [6.45, 7) is 6.35. The van der Waals surface area contributed by atoms with Crippen molar-refractivity contribution in [3.63, 3.8) is 0 Å². The minimum atomic E-state index is 0.646. The molecule has 7 aromatic carbocycles. The zero-order valence-corrected chi connectivity index (χ0v) is 30.0. The van der Waals surface area contributed by atoms with Crippen LogP contribution in [0.2, 0.25) is 0 Å². The molecule has 0 saturated carbocycles. The summed E-state index contributed by atoms with van der Waals surface area (Å²) in [4.78, 5) is 10.1. The molecule has 246 valence electrons. The van der Waals surface area contributed by atoms with Gasteiger partial charge in [0.05, 0.1) is 16.7 Å². The van der Waals surface area contributed by atoms with E-state index in [1.807, 2.05) is 78.1 Å². The molecule has 0 aliphatic heterocycles. The van der Waals surface area contributed by atoms with Gasteiger partial charge in [-0.15, -0.1) is 22.7 Å². The Morgan fingerprint density at radius 1 is 0.481 bits per heavy atom. The van der Waals surface area contributed by atoms with Crippen LogP contribution in [0.25, 0.3) is 73.5 Å². The van der Waals surface area contributed by atoms with Crippen LogP contribution in [0.1, 0.15) is 23.6 Å². The van der Waals surface area contributed by atoms with E-state index in [1.165, 1.54) is 62.2 Å². The van der Waals surface area contributed by atoms with Gasteiger partial charge in [-0.1, -0.05) is 122 Å². The fraction of sp³-hybridized carbons (Fsp3) is 0.0213. The lowest BCUT2D eigenvalue weighted by atomic mass is 10.1. The lowest BCUT2D eigenvalue weighted by Crippen LogP contribution is -2.04. The van der Waals surface area contributed by atoms with Crippen LogP contribution in [0.15, 0.2) is 174 Å². The first-order chi connectivity index (χ1) is 25.6. The van der Waals surface area contributed by atoms with Crippen LogP contribution in [0.3, 0.4) is 0 Å². The van der Waals surface area contributed by atoms with Crippen molar-refractivity contribution in [1.29, 1.82) is 0 Å². The van der Waals surface area contributed by atoms with E-state index < -0.39 is 0 Å². The molecule has 0 fully saturated rings. The smallest absolute Gasteiger partial charge is 0.160 e. The molecule has 0 atom stereocenters. The fourth-order valence-corrected chi connectivity index (χ4v) is 9.77. The first kappa shape index (κ1) is 30.7. The van der Waals surface area contributed by atoms with Gasteiger partial charge in [-0.3, -0.25) is 0 Å². The molecule has 5 heteroatoms. The van der Waals surface area contributed by atoms with E-state index in [9.17, 15) is 0 Å². The molecule has 0 N–H and O–H groups in total. The highest BCUT2D eigenvalue weighted by Gasteiger charge is 2.18. The molecule has 3 nitrogen and oxygen atoms in total. The van der Waals surface area contributed by atoms with Crippen molar-refractivity contribution in [2.75, 3.05) is 0 Å². The van der Waals surface area contributed by atoms with Crippen molar-refractivity contribution in [3.05, 3.63) is 181 Å². The van der Waals surface area contributed by atoms with Crippen LogP contribution in [0.4, 0.5) is 0 Å². The first-order valence-corrected chi connectivity index (χ1v) is 19.0. The maximum absolute atomic E-state index is 5.09. The number of hydrogen-bond donors (Lipinski definition) is 0. The molecule has 0 amide bonds. The Morgan fingerprint density at radius 2 is 1.13 bits per heavy atom. The zero-order chi connectivity index (χ0) is 34.8. The van der Waals surface area contributed by atoms with E-state index in [0.29, 0.717) is 11.5 Å². The van der Waals surface area contributed by atoms with Crippen LogP contribution in [-0.4, -0.2) is 16.1 Å². The Balaban J connectivity index is 1.13. The first-order valence-electron chi connectivity index (χ1n) is 17.3. The molecule has 0 spiro atoms. The van der Waals surface area contributed by atoms with Crippen molar-refractivity contribution in [1.82, 2.24) is 4.57 Å². The maximum Gasteiger partial charge on any atom is 0.160 e. The summed E-state index contributed by atoms with van der Waals surface area (Å²) in [6, 6.07) is 56.1. The average molecular weight is 702 g/mol. The Labute approximate surface area is 308 Å². The van der Waals surface area contributed by atoms with E-state index >= 15 is 0 Å². The normalized spacial score (nSPS) is 12.6. The molecule has 0 unspecified atom stereocenters. The van der Waals surface area contributed by atoms with Gasteiger partial charge in [0.1, 0.15) is 0 Å². The molecule has 3 aromatic heterocycles. The number of fused-ring (bicyclic) bond motifs is 10. The second kappa shape index (κ2) is 12.3. The predicted octanol–water partition coefficient (Wildman–Crippen LogP) is 13.4. The molecule has 0 radical (unpaired) electrons. The second-order valence-corrected chi connectivity index (χ2v) is 15.3. The number of hydrogen-bond acceptors (Lipinski definition) is 3. The monoisotopic (exact) mass is 701 g/mol. The Bertz CT molecular complexity index is 3090. The fourth-order valence-electron chi connectivity index (χ4n) is 7.48. The van der Waals surface area contributed by atoms with Gasteiger partial charge in [0.2, 0.25) is 0 Å². The van der Waals surface area contributed by atoms with Crippen molar-refractivity contribution in [2.45, 2.75) is 6.92 Å². The SMILES string of the molecule is C=C(N=C(N=C(C)c1ccccc1)c1ccc2c(c1)sc1cc(-n3c4ccccc4c4c5c(ccc43)sc3ccccc35)ccc12)c1ccccc1. The van der Waals surface area contributed by atoms with Crippen LogP contribution >= 0.6 is 22.7 Å². The van der Waals surface area contributed by atoms with Gasteiger partial charge < -0.3 is 4.57 Å². The zero-order valence-electron chi connectivity index (χ0n) is 28.4. The van der Waals surface area contributed by atoms with Crippen molar-refractivity contribution >= 4 is 102 Å². The van der Waals surface area contributed by atoms with Crippen molar-refractivity contribution in [3.8, 4) is 5.69 Å². The molecule has 10 rings (SSSR count). The summed E-state index contributed by atoms with van der Waals surface area (Å²) in [7, 11) is 0. The van der Waals surface area contributed by atoms with Gasteiger partial charge in [-0.05, 0) is 60.5 Å². The third-order valence-corrected chi connectivity index (χ3v) is 12.2. The van der Waals surface area contributed by atoms with Gasteiger partial charge in [0.25, 0.3) is 0 Å². The molecule has 0 aliphatic rings. The molecule has 3 heterocycles. The number of amidine groups is 1. The highest BCUT2D eigenvalue weighted by Crippen LogP contribution is 2.44. The van der Waals surface area contributed by atoms with Crippen LogP contribution in [0, 0.1) is 0 Å². The summed E-state index contributed by atoms with van der Waals surface area (Å²) in [5, 5.41) is 7.75. The minimum Gasteiger partial charge on any atom is -0.309 e. The average Bonchev–Trinajstić information content (AvgIpc) is 3.86. The highest BCUT2D eigenvalue weighted by atomic mass is 32.1. The largest absolute Gasteiger partial charge is 0.309 e. The quantitative estimate of drug-likeness (QED) is 0.126. The lowest BCUT2D eigenvalue weighted by Gasteiger charge is -2.08. The van der Waals surface area contributed by atoms with Gasteiger partial charge in [0, 0.05) is 68.1 Å². The Morgan fingerprint density at radius 3 is 1.94 bits per heavy atom. The van der Waals surface area contributed by atoms with Crippen molar-refractivity contribution in [2.24, 2.45) is 9.98 Å². The predicted molar refractivity (Wildman–Crippen MR) is 227 cm³/mol.